The summed E-state index contributed by atoms with van der Waals surface area (Å²) in [4.78, 5) is 13.6. The van der Waals surface area contributed by atoms with Crippen LogP contribution in [0.15, 0.2) is 0 Å². The number of carbonyl (C=O) groups is 1. The molecule has 1 aliphatic rings. The van der Waals surface area contributed by atoms with Crippen LogP contribution in [0.4, 0.5) is 4.79 Å². The molecule has 0 bridgehead atoms. The van der Waals surface area contributed by atoms with Crippen molar-refractivity contribution in [3.05, 3.63) is 0 Å². The van der Waals surface area contributed by atoms with Gasteiger partial charge in [0.2, 0.25) is 0 Å². The molecule has 1 rings (SSSR count). The molecule has 0 aliphatic carbocycles. The summed E-state index contributed by atoms with van der Waals surface area (Å²) in [6.07, 6.45) is 2.16. The molecule has 1 fully saturated rings. The molecule has 100 valence electrons. The summed E-state index contributed by atoms with van der Waals surface area (Å²) in [7, 11) is -3.05. The Morgan fingerprint density at radius 3 is 2.47 bits per heavy atom. The first-order valence-electron chi connectivity index (χ1n) is 5.82. The Hall–Kier alpha value is -0.780. The van der Waals surface area contributed by atoms with E-state index in [4.69, 9.17) is 0 Å². The van der Waals surface area contributed by atoms with Gasteiger partial charge in [-0.25, -0.2) is 13.2 Å². The van der Waals surface area contributed by atoms with Crippen LogP contribution in [0.5, 0.6) is 0 Å². The molecule has 0 unspecified atom stereocenters. The second-order valence-electron chi connectivity index (χ2n) is 5.78. The normalized spacial score (nSPS) is 21.3. The number of rotatable bonds is 3. The van der Waals surface area contributed by atoms with Crippen molar-refractivity contribution in [3.8, 4) is 0 Å². The summed E-state index contributed by atoms with van der Waals surface area (Å²) in [6, 6.07) is -0.507. The summed E-state index contributed by atoms with van der Waals surface area (Å²) in [5.74, 6) is -0.0179. The van der Waals surface area contributed by atoms with E-state index in [1.165, 1.54) is 6.26 Å². The molecule has 0 aromatic carbocycles. The molecule has 5 nitrogen and oxygen atoms in total. The molecule has 0 aromatic heterocycles. The number of amides is 2. The van der Waals surface area contributed by atoms with Crippen molar-refractivity contribution in [2.45, 2.75) is 33.2 Å². The van der Waals surface area contributed by atoms with Crippen LogP contribution in [0.1, 0.15) is 27.2 Å². The van der Waals surface area contributed by atoms with Crippen LogP contribution in [-0.4, -0.2) is 50.5 Å². The van der Waals surface area contributed by atoms with Crippen LogP contribution in [0, 0.1) is 5.41 Å². The van der Waals surface area contributed by atoms with Gasteiger partial charge in [-0.15, -0.1) is 0 Å². The largest absolute Gasteiger partial charge is 0.335 e. The van der Waals surface area contributed by atoms with Crippen molar-refractivity contribution in [2.24, 2.45) is 5.41 Å². The van der Waals surface area contributed by atoms with Crippen molar-refractivity contribution < 1.29 is 13.2 Å². The number of carbonyl (C=O) groups excluding carboxylic acids is 1. The maximum Gasteiger partial charge on any atom is 0.317 e. The van der Waals surface area contributed by atoms with E-state index in [0.29, 0.717) is 0 Å². The Labute approximate surface area is 103 Å². The number of nitrogens with zero attached hydrogens (tertiary/aromatic N) is 1. The quantitative estimate of drug-likeness (QED) is 0.820. The highest BCUT2D eigenvalue weighted by atomic mass is 32.2. The second kappa shape index (κ2) is 4.84. The Bertz CT molecular complexity index is 390. The number of urea groups is 1. The summed E-state index contributed by atoms with van der Waals surface area (Å²) < 4.78 is 22.2. The van der Waals surface area contributed by atoms with Gasteiger partial charge in [0.25, 0.3) is 0 Å². The molecular formula is C11H22N2O3S. The summed E-state index contributed by atoms with van der Waals surface area (Å²) in [5.41, 5.74) is 0.164. The number of hydrogen-bond donors (Lipinski definition) is 1. The van der Waals surface area contributed by atoms with Crippen LogP contribution in [0.25, 0.3) is 0 Å². The fraction of sp³-hybridized carbons (Fsp3) is 0.909. The highest BCUT2D eigenvalue weighted by molar-refractivity contribution is 7.90. The van der Waals surface area contributed by atoms with Crippen molar-refractivity contribution in [1.82, 2.24) is 10.2 Å². The van der Waals surface area contributed by atoms with E-state index in [-0.39, 0.29) is 23.2 Å². The SMILES string of the molecule is C[C@@H](CS(C)(=O)=O)NC(=O)N1CCC(C)(C)C1. The molecular weight excluding hydrogens is 240 g/mol. The van der Waals surface area contributed by atoms with Gasteiger partial charge >= 0.3 is 6.03 Å². The third kappa shape index (κ3) is 4.93. The van der Waals surface area contributed by atoms with E-state index < -0.39 is 9.84 Å². The minimum absolute atomic E-state index is 0.0179. The average Bonchev–Trinajstić information content (AvgIpc) is 2.42. The zero-order chi connectivity index (χ0) is 13.3. The van der Waals surface area contributed by atoms with Crippen LogP contribution >= 0.6 is 0 Å². The van der Waals surface area contributed by atoms with Gasteiger partial charge in [-0.05, 0) is 18.8 Å². The summed E-state index contributed by atoms with van der Waals surface area (Å²) in [6.45, 7) is 7.43. The van der Waals surface area contributed by atoms with Gasteiger partial charge in [0.1, 0.15) is 9.84 Å². The molecule has 1 saturated heterocycles. The first kappa shape index (κ1) is 14.3. The fourth-order valence-corrected chi connectivity index (χ4v) is 3.08. The first-order valence-corrected chi connectivity index (χ1v) is 7.88. The molecule has 17 heavy (non-hydrogen) atoms. The first-order chi connectivity index (χ1) is 7.59. The predicted octanol–water partition coefficient (Wildman–Crippen LogP) is 0.861. The lowest BCUT2D eigenvalue weighted by Crippen LogP contribution is -2.45. The van der Waals surface area contributed by atoms with Gasteiger partial charge in [-0.3, -0.25) is 0 Å². The Kier molecular flexibility index (Phi) is 4.06. The average molecular weight is 262 g/mol. The van der Waals surface area contributed by atoms with Gasteiger partial charge in [-0.2, -0.15) is 0 Å². The Morgan fingerprint density at radius 1 is 1.47 bits per heavy atom. The summed E-state index contributed by atoms with van der Waals surface area (Å²) in [5, 5.41) is 2.72. The van der Waals surface area contributed by atoms with E-state index >= 15 is 0 Å². The zero-order valence-corrected chi connectivity index (χ0v) is 11.8. The van der Waals surface area contributed by atoms with E-state index in [2.05, 4.69) is 19.2 Å². The molecule has 1 N–H and O–H groups in total. The van der Waals surface area contributed by atoms with Gasteiger partial charge in [0.05, 0.1) is 5.75 Å². The predicted molar refractivity (Wildman–Crippen MR) is 67.7 cm³/mol. The van der Waals surface area contributed by atoms with Crippen molar-refractivity contribution >= 4 is 15.9 Å². The van der Waals surface area contributed by atoms with Crippen molar-refractivity contribution in [1.29, 1.82) is 0 Å². The highest BCUT2D eigenvalue weighted by Crippen LogP contribution is 2.28. The minimum atomic E-state index is -3.05. The van der Waals surface area contributed by atoms with Crippen molar-refractivity contribution in [2.75, 3.05) is 25.1 Å². The Balaban J connectivity index is 2.45. The van der Waals surface area contributed by atoms with Gasteiger partial charge in [0.15, 0.2) is 0 Å². The van der Waals surface area contributed by atoms with Gasteiger partial charge in [-0.1, -0.05) is 13.8 Å². The van der Waals surface area contributed by atoms with E-state index in [9.17, 15) is 13.2 Å². The molecule has 0 aromatic rings. The number of sulfone groups is 1. The topological polar surface area (TPSA) is 66.5 Å². The van der Waals surface area contributed by atoms with Crippen LogP contribution in [-0.2, 0) is 9.84 Å². The lowest BCUT2D eigenvalue weighted by molar-refractivity contribution is 0.201. The lowest BCUT2D eigenvalue weighted by atomic mass is 9.93. The van der Waals surface area contributed by atoms with Gasteiger partial charge < -0.3 is 10.2 Å². The molecule has 2 amide bonds. The fourth-order valence-electron chi connectivity index (χ4n) is 2.08. The lowest BCUT2D eigenvalue weighted by Gasteiger charge is -2.22. The number of likely N-dealkylation sites (tertiary alicyclic amines) is 1. The van der Waals surface area contributed by atoms with E-state index in [1.54, 1.807) is 11.8 Å². The smallest absolute Gasteiger partial charge is 0.317 e. The van der Waals surface area contributed by atoms with Crippen molar-refractivity contribution in [3.63, 3.8) is 0 Å². The van der Waals surface area contributed by atoms with E-state index in [0.717, 1.165) is 19.5 Å². The number of hydrogen-bond acceptors (Lipinski definition) is 3. The second-order valence-corrected chi connectivity index (χ2v) is 7.96. The van der Waals surface area contributed by atoms with Gasteiger partial charge in [0, 0.05) is 25.4 Å². The molecule has 1 atom stereocenters. The molecule has 0 saturated carbocycles. The third-order valence-corrected chi connectivity index (χ3v) is 3.99. The summed E-state index contributed by atoms with van der Waals surface area (Å²) >= 11 is 0. The maximum absolute atomic E-state index is 11.8. The third-order valence-electron chi connectivity index (χ3n) is 2.89. The monoisotopic (exact) mass is 262 g/mol. The van der Waals surface area contributed by atoms with E-state index in [1.807, 2.05) is 0 Å². The number of nitrogens with one attached hydrogen (secondary N) is 1. The Morgan fingerprint density at radius 2 is 2.06 bits per heavy atom. The molecule has 1 heterocycles. The maximum atomic E-state index is 11.8. The van der Waals surface area contributed by atoms with Crippen LogP contribution in [0.3, 0.4) is 0 Å². The highest BCUT2D eigenvalue weighted by Gasteiger charge is 2.32. The molecule has 0 radical (unpaired) electrons. The molecule has 6 heteroatoms. The minimum Gasteiger partial charge on any atom is -0.335 e. The molecule has 1 aliphatic heterocycles. The standard InChI is InChI=1S/C11H22N2O3S/c1-9(7-17(4,15)16)12-10(14)13-6-5-11(2,3)8-13/h9H,5-8H2,1-4H3,(H,12,14)/t9-/m0/s1. The van der Waals surface area contributed by atoms with Crippen LogP contribution in [0.2, 0.25) is 0 Å². The zero-order valence-electron chi connectivity index (χ0n) is 11.0. The molecule has 0 spiro atoms. The van der Waals surface area contributed by atoms with Crippen LogP contribution < -0.4 is 5.32 Å².